The average molecular weight is 435 g/mol. The lowest BCUT2D eigenvalue weighted by Crippen LogP contribution is -2.19. The van der Waals surface area contributed by atoms with Gasteiger partial charge >= 0.3 is 5.97 Å². The number of aliphatic hydroxyl groups is 1. The third-order valence-electron chi connectivity index (χ3n) is 7.32. The number of unbranched alkanes of at least 4 members (excludes halogenated alkanes) is 3. The smallest absolute Gasteiger partial charge is 0.305 e. The normalized spacial score (nSPS) is 27.3. The molecule has 0 radical (unpaired) electrons. The molecule has 0 unspecified atom stereocenters. The molecule has 0 aromatic heterocycles. The van der Waals surface area contributed by atoms with Crippen molar-refractivity contribution in [2.75, 3.05) is 7.11 Å². The van der Waals surface area contributed by atoms with Gasteiger partial charge in [0.1, 0.15) is 0 Å². The fourth-order valence-corrected chi connectivity index (χ4v) is 6.06. The lowest BCUT2D eigenvalue weighted by Gasteiger charge is -2.25. The highest BCUT2D eigenvalue weighted by Gasteiger charge is 2.41. The van der Waals surface area contributed by atoms with Crippen LogP contribution in [-0.2, 0) is 16.0 Å². The van der Waals surface area contributed by atoms with Crippen LogP contribution in [0.4, 0.5) is 0 Å². The van der Waals surface area contributed by atoms with Crippen molar-refractivity contribution in [1.29, 1.82) is 0 Å². The predicted molar refractivity (Wildman–Crippen MR) is 123 cm³/mol. The number of hydrogen-bond acceptors (Lipinski definition) is 3. The summed E-state index contributed by atoms with van der Waals surface area (Å²) in [4.78, 5) is 11.2. The van der Waals surface area contributed by atoms with E-state index in [2.05, 4.69) is 24.3 Å². The van der Waals surface area contributed by atoms with Gasteiger partial charge in [-0.15, -0.1) is 11.6 Å². The van der Waals surface area contributed by atoms with Gasteiger partial charge < -0.3 is 9.84 Å². The molecule has 1 aromatic rings. The number of halogens is 1. The second kappa shape index (κ2) is 12.1. The molecule has 0 heterocycles. The molecule has 2 fully saturated rings. The zero-order valence-corrected chi connectivity index (χ0v) is 19.3. The van der Waals surface area contributed by atoms with Gasteiger partial charge in [-0.3, -0.25) is 4.79 Å². The minimum atomic E-state index is -0.346. The molecule has 2 aliphatic rings. The van der Waals surface area contributed by atoms with Crippen LogP contribution in [0.2, 0.25) is 0 Å². The highest BCUT2D eigenvalue weighted by molar-refractivity contribution is 6.21. The number of alkyl halides is 1. The molecule has 0 saturated heterocycles. The Hall–Kier alpha value is -1.06. The first-order valence-electron chi connectivity index (χ1n) is 12.1. The number of aliphatic hydroxyl groups excluding tert-OH is 1. The molecule has 4 heteroatoms. The minimum Gasteiger partial charge on any atom is -0.469 e. The third-order valence-corrected chi connectivity index (χ3v) is 7.82. The Balaban J connectivity index is 1.50. The summed E-state index contributed by atoms with van der Waals surface area (Å²) in [6.07, 6.45) is 14.1. The number of esters is 1. The second-order valence-corrected chi connectivity index (χ2v) is 10.0. The Morgan fingerprint density at radius 1 is 1.07 bits per heavy atom. The SMILES string of the molecule is COC(=O)CCCCCC[C@@H]1[C@@H](c2ccc(CC3CCCCC3)cc2)[C@H](O)C[C@@H]1Cl. The van der Waals surface area contributed by atoms with E-state index in [1.807, 2.05) is 0 Å². The Labute approximate surface area is 187 Å². The Bertz CT molecular complexity index is 638. The number of rotatable bonds is 10. The highest BCUT2D eigenvalue weighted by Crippen LogP contribution is 2.45. The summed E-state index contributed by atoms with van der Waals surface area (Å²) >= 11 is 6.66. The number of ether oxygens (including phenoxy) is 1. The quantitative estimate of drug-likeness (QED) is 0.263. The van der Waals surface area contributed by atoms with E-state index < -0.39 is 0 Å². The Morgan fingerprint density at radius 2 is 1.77 bits per heavy atom. The zero-order chi connectivity index (χ0) is 21.3. The molecule has 30 heavy (non-hydrogen) atoms. The molecular weight excluding hydrogens is 396 g/mol. The van der Waals surface area contributed by atoms with Crippen LogP contribution in [0.25, 0.3) is 0 Å². The molecule has 2 saturated carbocycles. The molecule has 1 N–H and O–H groups in total. The maximum absolute atomic E-state index is 11.2. The zero-order valence-electron chi connectivity index (χ0n) is 18.5. The van der Waals surface area contributed by atoms with E-state index in [0.29, 0.717) is 18.8 Å². The highest BCUT2D eigenvalue weighted by atomic mass is 35.5. The summed E-state index contributed by atoms with van der Waals surface area (Å²) in [6, 6.07) is 9.04. The monoisotopic (exact) mass is 434 g/mol. The van der Waals surface area contributed by atoms with Gasteiger partial charge in [-0.2, -0.15) is 0 Å². The van der Waals surface area contributed by atoms with Gasteiger partial charge in [0.15, 0.2) is 0 Å². The van der Waals surface area contributed by atoms with Crippen molar-refractivity contribution in [2.45, 2.75) is 101 Å². The predicted octanol–water partition coefficient (Wildman–Crippen LogP) is 6.39. The van der Waals surface area contributed by atoms with Crippen molar-refractivity contribution >= 4 is 17.6 Å². The largest absolute Gasteiger partial charge is 0.469 e. The lowest BCUT2D eigenvalue weighted by molar-refractivity contribution is -0.140. The van der Waals surface area contributed by atoms with Gasteiger partial charge in [-0.25, -0.2) is 0 Å². The van der Waals surface area contributed by atoms with Crippen molar-refractivity contribution in [3.63, 3.8) is 0 Å². The van der Waals surface area contributed by atoms with Crippen molar-refractivity contribution < 1.29 is 14.6 Å². The molecule has 1 aromatic carbocycles. The van der Waals surface area contributed by atoms with Crippen molar-refractivity contribution in [1.82, 2.24) is 0 Å². The van der Waals surface area contributed by atoms with Crippen LogP contribution in [-0.4, -0.2) is 29.7 Å². The Morgan fingerprint density at radius 3 is 2.47 bits per heavy atom. The van der Waals surface area contributed by atoms with Crippen molar-refractivity contribution in [2.24, 2.45) is 11.8 Å². The van der Waals surface area contributed by atoms with Gasteiger partial charge in [0.05, 0.1) is 13.2 Å². The van der Waals surface area contributed by atoms with Gasteiger partial charge in [0, 0.05) is 17.7 Å². The van der Waals surface area contributed by atoms with Crippen LogP contribution in [0.3, 0.4) is 0 Å². The minimum absolute atomic E-state index is 0.0435. The first-order chi connectivity index (χ1) is 14.6. The van der Waals surface area contributed by atoms with Crippen LogP contribution in [0.1, 0.15) is 94.1 Å². The van der Waals surface area contributed by atoms with E-state index in [1.54, 1.807) is 0 Å². The number of methoxy groups -OCH3 is 1. The van der Waals surface area contributed by atoms with E-state index in [0.717, 1.165) is 38.0 Å². The van der Waals surface area contributed by atoms with Crippen LogP contribution in [0.15, 0.2) is 24.3 Å². The summed E-state index contributed by atoms with van der Waals surface area (Å²) in [7, 11) is 1.44. The van der Waals surface area contributed by atoms with Crippen LogP contribution in [0, 0.1) is 11.8 Å². The summed E-state index contributed by atoms with van der Waals surface area (Å²) in [5.74, 6) is 1.19. The van der Waals surface area contributed by atoms with E-state index in [4.69, 9.17) is 16.3 Å². The molecule has 3 nitrogen and oxygen atoms in total. The van der Waals surface area contributed by atoms with Gasteiger partial charge in [0.25, 0.3) is 0 Å². The first kappa shape index (κ1) is 23.6. The molecule has 0 spiro atoms. The molecule has 3 rings (SSSR count). The summed E-state index contributed by atoms with van der Waals surface area (Å²) < 4.78 is 4.69. The average Bonchev–Trinajstić information content (AvgIpc) is 3.04. The van der Waals surface area contributed by atoms with E-state index >= 15 is 0 Å². The van der Waals surface area contributed by atoms with E-state index in [1.165, 1.54) is 56.8 Å². The topological polar surface area (TPSA) is 46.5 Å². The summed E-state index contributed by atoms with van der Waals surface area (Å²) in [5.41, 5.74) is 2.68. The molecule has 2 aliphatic carbocycles. The Kier molecular flexibility index (Phi) is 9.52. The molecule has 0 amide bonds. The van der Waals surface area contributed by atoms with Gasteiger partial charge in [-0.05, 0) is 48.6 Å². The fraction of sp³-hybridized carbons (Fsp3) is 0.731. The first-order valence-corrected chi connectivity index (χ1v) is 12.5. The fourth-order valence-electron chi connectivity index (χ4n) is 5.60. The molecule has 168 valence electrons. The second-order valence-electron chi connectivity index (χ2n) is 9.49. The van der Waals surface area contributed by atoms with Crippen LogP contribution in [0.5, 0.6) is 0 Å². The van der Waals surface area contributed by atoms with Crippen molar-refractivity contribution in [3.8, 4) is 0 Å². The number of carbonyl (C=O) groups excluding carboxylic acids is 1. The summed E-state index contributed by atoms with van der Waals surface area (Å²) in [6.45, 7) is 0. The standard InChI is InChI=1S/C26H39ClO3/c1-30-25(29)12-8-3-2-7-11-22-23(27)18-24(28)26(22)21-15-13-20(14-16-21)17-19-9-5-4-6-10-19/h13-16,19,22-24,26,28H,2-12,17-18H2,1H3/t22-,23-,24+,26+/m0/s1. The molecular formula is C26H39ClO3. The lowest BCUT2D eigenvalue weighted by atomic mass is 9.82. The maximum Gasteiger partial charge on any atom is 0.305 e. The third kappa shape index (κ3) is 6.72. The van der Waals surface area contributed by atoms with Gasteiger partial charge in [-0.1, -0.05) is 75.6 Å². The van der Waals surface area contributed by atoms with Crippen molar-refractivity contribution in [3.05, 3.63) is 35.4 Å². The van der Waals surface area contributed by atoms with E-state index in [-0.39, 0.29) is 23.4 Å². The summed E-state index contributed by atoms with van der Waals surface area (Å²) in [5, 5.41) is 10.8. The maximum atomic E-state index is 11.2. The van der Waals surface area contributed by atoms with E-state index in [9.17, 15) is 9.90 Å². The van der Waals surface area contributed by atoms with Crippen LogP contribution >= 0.6 is 11.6 Å². The molecule has 0 aliphatic heterocycles. The number of carbonyl (C=O) groups is 1. The molecule has 4 atom stereocenters. The van der Waals surface area contributed by atoms with Gasteiger partial charge in [0.2, 0.25) is 0 Å². The molecule has 0 bridgehead atoms. The van der Waals surface area contributed by atoms with Crippen LogP contribution < -0.4 is 0 Å². The number of benzene rings is 1. The number of hydrogen-bond donors (Lipinski definition) is 1.